The molecule has 2 aliphatic rings. The van der Waals surface area contributed by atoms with Gasteiger partial charge in [0.25, 0.3) is 0 Å². The van der Waals surface area contributed by atoms with Gasteiger partial charge in [0.15, 0.2) is 6.23 Å². The highest BCUT2D eigenvalue weighted by molar-refractivity contribution is 5.59. The normalized spacial score (nSPS) is 38.7. The van der Waals surface area contributed by atoms with E-state index in [1.165, 1.54) is 0 Å². The summed E-state index contributed by atoms with van der Waals surface area (Å²) in [6.07, 6.45) is -6.49. The first-order valence-corrected chi connectivity index (χ1v) is 7.88. The number of aliphatic hydroxyl groups is 4. The Labute approximate surface area is 139 Å². The smallest absolute Gasteiger partial charge is 0.229 e. The van der Waals surface area contributed by atoms with Crippen LogP contribution in [0.25, 0.3) is 0 Å². The third-order valence-electron chi connectivity index (χ3n) is 4.40. The second-order valence-electron chi connectivity index (χ2n) is 6.13. The first-order valence-electron chi connectivity index (χ1n) is 7.88. The van der Waals surface area contributed by atoms with Gasteiger partial charge in [0.05, 0.1) is 12.3 Å². The van der Waals surface area contributed by atoms with Crippen molar-refractivity contribution in [2.75, 3.05) is 18.6 Å². The van der Waals surface area contributed by atoms with E-state index in [2.05, 4.69) is 0 Å². The van der Waals surface area contributed by atoms with Gasteiger partial charge in [-0.15, -0.1) is 0 Å². The van der Waals surface area contributed by atoms with Crippen LogP contribution >= 0.6 is 0 Å². The maximum atomic E-state index is 10.1. The van der Waals surface area contributed by atoms with Gasteiger partial charge in [-0.05, 0) is 19.1 Å². The molecule has 0 aromatic heterocycles. The lowest BCUT2D eigenvalue weighted by molar-refractivity contribution is -0.277. The Morgan fingerprint density at radius 2 is 1.75 bits per heavy atom. The molecule has 24 heavy (non-hydrogen) atoms. The zero-order valence-electron chi connectivity index (χ0n) is 13.5. The van der Waals surface area contributed by atoms with Crippen LogP contribution in [0.2, 0.25) is 0 Å². The number of ether oxygens (including phenoxy) is 3. The topological polar surface area (TPSA) is 115 Å². The molecule has 0 radical (unpaired) electrons. The van der Waals surface area contributed by atoms with Gasteiger partial charge < -0.3 is 39.5 Å². The Morgan fingerprint density at radius 3 is 2.38 bits per heavy atom. The number of aliphatic hydroxyl groups excluding tert-OH is 4. The largest absolute Gasteiger partial charge is 0.460 e. The van der Waals surface area contributed by atoms with Crippen molar-refractivity contribution in [1.29, 1.82) is 0 Å². The van der Waals surface area contributed by atoms with E-state index in [1.54, 1.807) is 12.1 Å². The number of nitrogens with zero attached hydrogens (tertiary/aromatic N) is 1. The quantitative estimate of drug-likeness (QED) is 0.507. The van der Waals surface area contributed by atoms with E-state index in [-0.39, 0.29) is 12.3 Å². The second kappa shape index (κ2) is 6.83. The third kappa shape index (κ3) is 3.21. The summed E-state index contributed by atoms with van der Waals surface area (Å²) in [7, 11) is 1.86. The molecule has 8 heteroatoms. The van der Waals surface area contributed by atoms with Gasteiger partial charge in [-0.2, -0.15) is 0 Å². The van der Waals surface area contributed by atoms with Crippen molar-refractivity contribution in [3.8, 4) is 5.75 Å². The molecule has 0 spiro atoms. The Morgan fingerprint density at radius 1 is 1.08 bits per heavy atom. The summed E-state index contributed by atoms with van der Waals surface area (Å²) in [5.41, 5.74) is 0.740. The summed E-state index contributed by atoms with van der Waals surface area (Å²) in [6.45, 7) is 1.46. The molecule has 2 saturated heterocycles. The molecule has 7 atom stereocenters. The molecule has 0 bridgehead atoms. The molecule has 1 aromatic carbocycles. The lowest BCUT2D eigenvalue weighted by atomic mass is 9.99. The number of hydrogen-bond acceptors (Lipinski definition) is 8. The van der Waals surface area contributed by atoms with Crippen molar-refractivity contribution in [1.82, 2.24) is 0 Å². The van der Waals surface area contributed by atoms with Crippen molar-refractivity contribution in [3.63, 3.8) is 0 Å². The van der Waals surface area contributed by atoms with Crippen LogP contribution in [0, 0.1) is 0 Å². The van der Waals surface area contributed by atoms with Crippen LogP contribution in [0.3, 0.4) is 0 Å². The lowest BCUT2D eigenvalue weighted by Crippen LogP contribution is -2.60. The molecule has 0 aliphatic carbocycles. The maximum absolute atomic E-state index is 10.1. The average molecular weight is 341 g/mol. The predicted molar refractivity (Wildman–Crippen MR) is 83.6 cm³/mol. The fourth-order valence-corrected chi connectivity index (χ4v) is 2.86. The minimum absolute atomic E-state index is 0.0513. The van der Waals surface area contributed by atoms with Gasteiger partial charge in [-0.25, -0.2) is 0 Å². The third-order valence-corrected chi connectivity index (χ3v) is 4.40. The number of rotatable bonds is 5. The summed E-state index contributed by atoms with van der Waals surface area (Å²) in [4.78, 5) is 1.91. The maximum Gasteiger partial charge on any atom is 0.229 e. The zero-order valence-corrected chi connectivity index (χ0v) is 13.5. The fraction of sp³-hybridized carbons (Fsp3) is 0.625. The molecule has 8 nitrogen and oxygen atoms in total. The van der Waals surface area contributed by atoms with Crippen LogP contribution in [0.15, 0.2) is 24.3 Å². The summed E-state index contributed by atoms with van der Waals surface area (Å²) in [5, 5.41) is 39.0. The monoisotopic (exact) mass is 341 g/mol. The first kappa shape index (κ1) is 17.4. The molecule has 0 amide bonds. The van der Waals surface area contributed by atoms with E-state index in [9.17, 15) is 20.4 Å². The van der Waals surface area contributed by atoms with E-state index in [0.29, 0.717) is 5.75 Å². The van der Waals surface area contributed by atoms with Crippen molar-refractivity contribution in [3.05, 3.63) is 24.3 Å². The van der Waals surface area contributed by atoms with Crippen LogP contribution in [-0.2, 0) is 9.47 Å². The van der Waals surface area contributed by atoms with E-state index < -0.39 is 37.3 Å². The van der Waals surface area contributed by atoms with E-state index in [4.69, 9.17) is 14.2 Å². The van der Waals surface area contributed by atoms with Crippen LogP contribution in [0.1, 0.15) is 6.92 Å². The van der Waals surface area contributed by atoms with Crippen LogP contribution in [-0.4, -0.2) is 77.1 Å². The van der Waals surface area contributed by atoms with Crippen LogP contribution < -0.4 is 9.64 Å². The Hall–Kier alpha value is -1.42. The van der Waals surface area contributed by atoms with Crippen molar-refractivity contribution in [2.45, 2.75) is 50.0 Å². The summed E-state index contributed by atoms with van der Waals surface area (Å²) >= 11 is 0. The van der Waals surface area contributed by atoms with E-state index in [1.807, 2.05) is 31.0 Å². The number of hydrogen-bond donors (Lipinski definition) is 4. The standard InChI is InChI=1S/C16H23NO7/c1-8-15(22-8)17(2)9-5-3-4-6-10(9)23-16-14(21)13(20)12(19)11(7-18)24-16/h3-6,8,11-16,18-21H,7H2,1-2H3. The molecular formula is C16H23NO7. The van der Waals surface area contributed by atoms with Crippen LogP contribution in [0.4, 0.5) is 5.69 Å². The first-order chi connectivity index (χ1) is 11.4. The lowest BCUT2D eigenvalue weighted by Gasteiger charge is -2.39. The SMILES string of the molecule is CC1OC1N(C)c1ccccc1OC1OC(CO)C(O)C(O)C1O. The highest BCUT2D eigenvalue weighted by atomic mass is 16.7. The molecule has 134 valence electrons. The van der Waals surface area contributed by atoms with E-state index in [0.717, 1.165) is 5.69 Å². The Kier molecular flexibility index (Phi) is 4.95. The molecular weight excluding hydrogens is 318 g/mol. The minimum atomic E-state index is -1.47. The van der Waals surface area contributed by atoms with Crippen LogP contribution in [0.5, 0.6) is 5.75 Å². The molecule has 2 heterocycles. The summed E-state index contributed by atoms with van der Waals surface area (Å²) in [5.74, 6) is 0.437. The van der Waals surface area contributed by atoms with Gasteiger partial charge >= 0.3 is 0 Å². The predicted octanol–water partition coefficient (Wildman–Crippen LogP) is -0.954. The number of epoxide rings is 1. The van der Waals surface area contributed by atoms with Crippen molar-refractivity contribution < 1.29 is 34.6 Å². The molecule has 0 saturated carbocycles. The van der Waals surface area contributed by atoms with Gasteiger partial charge in [-0.3, -0.25) is 0 Å². The Balaban J connectivity index is 1.78. The second-order valence-corrected chi connectivity index (χ2v) is 6.13. The number of benzene rings is 1. The number of likely N-dealkylation sites (N-methyl/N-ethyl adjacent to an activating group) is 1. The van der Waals surface area contributed by atoms with Gasteiger partial charge in [0.1, 0.15) is 36.3 Å². The fourth-order valence-electron chi connectivity index (χ4n) is 2.86. The van der Waals surface area contributed by atoms with Crippen molar-refractivity contribution in [2.24, 2.45) is 0 Å². The summed E-state index contributed by atoms with van der Waals surface area (Å²) < 4.78 is 16.6. The van der Waals surface area contributed by atoms with Crippen molar-refractivity contribution >= 4 is 5.69 Å². The number of para-hydroxylation sites is 2. The van der Waals surface area contributed by atoms with Gasteiger partial charge in [0.2, 0.25) is 6.29 Å². The number of anilines is 1. The minimum Gasteiger partial charge on any atom is -0.460 e. The highest BCUT2D eigenvalue weighted by Gasteiger charge is 2.45. The molecule has 2 aliphatic heterocycles. The van der Waals surface area contributed by atoms with E-state index >= 15 is 0 Å². The molecule has 7 unspecified atom stereocenters. The molecule has 2 fully saturated rings. The van der Waals surface area contributed by atoms with Gasteiger partial charge in [-0.1, -0.05) is 12.1 Å². The summed E-state index contributed by atoms with van der Waals surface area (Å²) in [6, 6.07) is 7.17. The average Bonchev–Trinajstić information content (AvgIpc) is 3.32. The molecule has 3 rings (SSSR count). The Bertz CT molecular complexity index is 569. The molecule has 1 aromatic rings. The molecule has 4 N–H and O–H groups in total. The highest BCUT2D eigenvalue weighted by Crippen LogP contribution is 2.36. The zero-order chi connectivity index (χ0) is 17.4. The van der Waals surface area contributed by atoms with Gasteiger partial charge in [0, 0.05) is 7.05 Å².